The van der Waals surface area contributed by atoms with Crippen LogP contribution in [0, 0.1) is 6.92 Å². The van der Waals surface area contributed by atoms with Gasteiger partial charge in [-0.1, -0.05) is 58.2 Å². The highest BCUT2D eigenvalue weighted by Crippen LogP contribution is 2.24. The van der Waals surface area contributed by atoms with Crippen LogP contribution >= 0.6 is 0 Å². The first-order chi connectivity index (χ1) is 18.1. The van der Waals surface area contributed by atoms with Crippen molar-refractivity contribution >= 4 is 34.3 Å². The van der Waals surface area contributed by atoms with E-state index in [1.165, 1.54) is 0 Å². The topological polar surface area (TPSA) is 124 Å². The monoisotopic (exact) mass is 491 g/mol. The van der Waals surface area contributed by atoms with Crippen molar-refractivity contribution in [3.8, 4) is 11.5 Å². The molecule has 3 heterocycles. The molecule has 0 fully saturated rings. The van der Waals surface area contributed by atoms with Crippen LogP contribution < -0.4 is 16.1 Å². The first kappa shape index (κ1) is 22.2. The number of anilines is 4. The molecule has 3 aromatic heterocycles. The number of hydrogen-bond acceptors (Lipinski definition) is 9. The largest absolute Gasteiger partial charge is 0.406 e. The van der Waals surface area contributed by atoms with E-state index in [1.807, 2.05) is 90.4 Å². The van der Waals surface area contributed by atoms with Crippen molar-refractivity contribution in [2.45, 2.75) is 13.5 Å². The molecule has 2 N–H and O–H groups in total. The second-order valence-electron chi connectivity index (χ2n) is 8.42. The summed E-state index contributed by atoms with van der Waals surface area (Å²) in [5.74, 6) is 0.476. The lowest BCUT2D eigenvalue weighted by Crippen LogP contribution is -2.13. The lowest BCUT2D eigenvalue weighted by atomic mass is 10.1. The Labute approximate surface area is 210 Å². The number of aryl methyl sites for hydroxylation is 1. The third-order valence-corrected chi connectivity index (χ3v) is 5.71. The summed E-state index contributed by atoms with van der Waals surface area (Å²) < 4.78 is 13.5. The summed E-state index contributed by atoms with van der Waals surface area (Å²) in [6.45, 7) is 2.17. The molecule has 10 heteroatoms. The van der Waals surface area contributed by atoms with E-state index in [0.29, 0.717) is 11.3 Å². The van der Waals surface area contributed by atoms with Crippen LogP contribution in [-0.2, 0) is 6.54 Å². The van der Waals surface area contributed by atoms with Crippen molar-refractivity contribution in [3.63, 3.8) is 0 Å². The Morgan fingerprint density at radius 1 is 0.784 bits per heavy atom. The van der Waals surface area contributed by atoms with Crippen LogP contribution in [0.15, 0.2) is 98.7 Å². The van der Waals surface area contributed by atoms with Gasteiger partial charge in [0.25, 0.3) is 5.89 Å². The van der Waals surface area contributed by atoms with E-state index in [2.05, 4.69) is 31.0 Å². The molecule has 6 rings (SSSR count). The number of aromatic nitrogens is 5. The SMILES string of the molecule is Cc1ccc2c(c1)c(=O)c(-c1nnc(Nc3ccccc3)o1)cn2Cc1nnc(Nc2ccccc2)o1. The van der Waals surface area contributed by atoms with Crippen molar-refractivity contribution < 1.29 is 8.83 Å². The summed E-state index contributed by atoms with van der Waals surface area (Å²) in [4.78, 5) is 13.4. The molecule has 3 aromatic carbocycles. The number of benzene rings is 3. The highest BCUT2D eigenvalue weighted by atomic mass is 16.4. The standard InChI is InChI=1S/C27H21N7O3/c1-17-12-13-22-20(14-17)24(35)21(25-31-33-27(37-25)29-19-10-6-3-7-11-19)15-34(22)16-23-30-32-26(36-23)28-18-8-4-2-5-9-18/h2-15H,16H2,1H3,(H,28,32)(H,29,33). The van der Waals surface area contributed by atoms with Crippen LogP contribution in [-0.4, -0.2) is 25.0 Å². The Kier molecular flexibility index (Phi) is 5.66. The highest BCUT2D eigenvalue weighted by Gasteiger charge is 2.18. The predicted octanol–water partition coefficient (Wildman–Crippen LogP) is 5.28. The molecule has 0 spiro atoms. The average molecular weight is 492 g/mol. The lowest BCUT2D eigenvalue weighted by molar-refractivity contribution is 0.493. The fraction of sp³-hybridized carbons (Fsp3) is 0.0741. The van der Waals surface area contributed by atoms with Gasteiger partial charge >= 0.3 is 12.0 Å². The number of pyridine rings is 1. The number of nitrogens with zero attached hydrogens (tertiary/aromatic N) is 5. The molecule has 182 valence electrons. The number of fused-ring (bicyclic) bond motifs is 1. The zero-order chi connectivity index (χ0) is 25.2. The second-order valence-corrected chi connectivity index (χ2v) is 8.42. The highest BCUT2D eigenvalue weighted by molar-refractivity contribution is 5.83. The maximum absolute atomic E-state index is 13.4. The molecule has 0 atom stereocenters. The van der Waals surface area contributed by atoms with Gasteiger partial charge in [-0.05, 0) is 43.3 Å². The minimum absolute atomic E-state index is 0.109. The third-order valence-electron chi connectivity index (χ3n) is 5.71. The van der Waals surface area contributed by atoms with E-state index in [0.717, 1.165) is 22.5 Å². The van der Waals surface area contributed by atoms with Gasteiger partial charge in [0.2, 0.25) is 11.3 Å². The van der Waals surface area contributed by atoms with Gasteiger partial charge in [-0.3, -0.25) is 4.79 Å². The maximum atomic E-state index is 13.4. The predicted molar refractivity (Wildman–Crippen MR) is 139 cm³/mol. The summed E-state index contributed by atoms with van der Waals surface area (Å²) in [6, 6.07) is 25.1. The summed E-state index contributed by atoms with van der Waals surface area (Å²) in [5.41, 5.74) is 3.37. The Balaban J connectivity index is 1.35. The summed E-state index contributed by atoms with van der Waals surface area (Å²) in [6.07, 6.45) is 1.67. The van der Waals surface area contributed by atoms with E-state index in [4.69, 9.17) is 8.83 Å². The molecule has 0 amide bonds. The van der Waals surface area contributed by atoms with E-state index < -0.39 is 0 Å². The van der Waals surface area contributed by atoms with Crippen LogP contribution in [0.5, 0.6) is 0 Å². The zero-order valence-electron chi connectivity index (χ0n) is 19.8. The van der Waals surface area contributed by atoms with Crippen LogP contribution in [0.25, 0.3) is 22.4 Å². The Bertz CT molecular complexity index is 1740. The molecule has 0 aliphatic carbocycles. The quantitative estimate of drug-likeness (QED) is 0.307. The van der Waals surface area contributed by atoms with Crippen molar-refractivity contribution in [2.24, 2.45) is 0 Å². The van der Waals surface area contributed by atoms with Gasteiger partial charge in [-0.2, -0.15) is 0 Å². The van der Waals surface area contributed by atoms with Gasteiger partial charge in [0.1, 0.15) is 12.1 Å². The normalized spacial score (nSPS) is 11.1. The van der Waals surface area contributed by atoms with Gasteiger partial charge in [-0.25, -0.2) is 0 Å². The summed E-state index contributed by atoms with van der Waals surface area (Å²) in [7, 11) is 0. The van der Waals surface area contributed by atoms with Crippen molar-refractivity contribution in [3.05, 3.63) is 107 Å². The Morgan fingerprint density at radius 3 is 2.14 bits per heavy atom. The van der Waals surface area contributed by atoms with Gasteiger partial charge in [0, 0.05) is 23.0 Å². The zero-order valence-corrected chi connectivity index (χ0v) is 19.8. The lowest BCUT2D eigenvalue weighted by Gasteiger charge is -2.11. The average Bonchev–Trinajstić information content (AvgIpc) is 3.56. The molecular weight excluding hydrogens is 470 g/mol. The van der Waals surface area contributed by atoms with Gasteiger partial charge in [0.15, 0.2) is 0 Å². The molecule has 0 unspecified atom stereocenters. The molecule has 6 aromatic rings. The van der Waals surface area contributed by atoms with E-state index in [-0.39, 0.29) is 35.5 Å². The molecule has 0 bridgehead atoms. The fourth-order valence-electron chi connectivity index (χ4n) is 3.98. The molecule has 10 nitrogen and oxygen atoms in total. The Hall–Kier alpha value is -5.25. The molecule has 0 radical (unpaired) electrons. The van der Waals surface area contributed by atoms with Gasteiger partial charge < -0.3 is 24.0 Å². The second kappa shape index (κ2) is 9.42. The van der Waals surface area contributed by atoms with Crippen molar-refractivity contribution in [1.82, 2.24) is 25.0 Å². The van der Waals surface area contributed by atoms with E-state index in [9.17, 15) is 4.79 Å². The van der Waals surface area contributed by atoms with Crippen molar-refractivity contribution in [1.29, 1.82) is 0 Å². The van der Waals surface area contributed by atoms with E-state index in [1.54, 1.807) is 6.20 Å². The number of para-hydroxylation sites is 2. The van der Waals surface area contributed by atoms with E-state index >= 15 is 0 Å². The Morgan fingerprint density at radius 2 is 1.43 bits per heavy atom. The summed E-state index contributed by atoms with van der Waals surface area (Å²) >= 11 is 0. The minimum atomic E-state index is -0.207. The van der Waals surface area contributed by atoms with Crippen LogP contribution in [0.3, 0.4) is 0 Å². The van der Waals surface area contributed by atoms with Gasteiger partial charge in [0.05, 0.1) is 5.52 Å². The van der Waals surface area contributed by atoms with Gasteiger partial charge in [-0.15, -0.1) is 10.2 Å². The number of rotatable bonds is 7. The minimum Gasteiger partial charge on any atom is -0.406 e. The first-order valence-electron chi connectivity index (χ1n) is 11.6. The van der Waals surface area contributed by atoms with Crippen LogP contribution in [0.1, 0.15) is 11.5 Å². The third kappa shape index (κ3) is 4.67. The number of nitrogens with one attached hydrogen (secondary N) is 2. The molecular formula is C27H21N7O3. The smallest absolute Gasteiger partial charge is 0.320 e. The molecule has 0 saturated carbocycles. The number of hydrogen-bond donors (Lipinski definition) is 2. The van der Waals surface area contributed by atoms with Crippen LogP contribution in [0.2, 0.25) is 0 Å². The summed E-state index contributed by atoms with van der Waals surface area (Å²) in [5, 5.41) is 23.1. The van der Waals surface area contributed by atoms with Crippen molar-refractivity contribution in [2.75, 3.05) is 10.6 Å². The maximum Gasteiger partial charge on any atom is 0.320 e. The first-order valence-corrected chi connectivity index (χ1v) is 11.6. The molecule has 0 saturated heterocycles. The fourth-order valence-corrected chi connectivity index (χ4v) is 3.98. The molecule has 0 aliphatic rings. The molecule has 37 heavy (non-hydrogen) atoms. The van der Waals surface area contributed by atoms with Crippen LogP contribution in [0.4, 0.5) is 23.4 Å². The molecule has 0 aliphatic heterocycles.